The van der Waals surface area contributed by atoms with E-state index in [9.17, 15) is 59.1 Å². The van der Waals surface area contributed by atoms with Crippen molar-refractivity contribution in [3.63, 3.8) is 0 Å². The SMILES string of the molecule is Cc1ncsc1-c1ccc([C@H](C)NC(=O)[C@@H]2C[C@@H](O)CC2C(=O)[C@@H](NC(=O)CCCCC(=O)N2CCN(CC[C@H](CSc3ccccc3)Nc3ccc(S(=O)(=O)NC(=O)c4ccc(N5CCN(CC6=C(C78CC(C)(C7)C8)CC(C)(C)CC6)CC5)cc4)cc3S(=O)(=O)C(F)(F)F)CC2)C(C)(C)C)cc1. The maximum atomic E-state index is 14.6. The quantitative estimate of drug-likeness (QED) is 0.0177. The van der Waals surface area contributed by atoms with Crippen molar-refractivity contribution in [1.82, 2.24) is 35.0 Å². The number of nitrogens with one attached hydrogen (secondary N) is 4. The molecule has 3 heterocycles. The molecule has 2 bridgehead atoms. The Kier molecular flexibility index (Phi) is 23.6. The van der Waals surface area contributed by atoms with Crippen LogP contribution in [0.25, 0.3) is 10.4 Å². The van der Waals surface area contributed by atoms with Crippen LogP contribution in [0, 0.1) is 40.4 Å². The number of carbonyl (C=O) groups excluding carboxylic acids is 5. The number of carbonyl (C=O) groups is 5. The molecule has 2 aliphatic heterocycles. The number of benzene rings is 4. The molecule has 5 N–H and O–H groups in total. The van der Waals surface area contributed by atoms with E-state index in [1.54, 1.807) is 45.0 Å². The number of hydrogen-bond donors (Lipinski definition) is 5. The highest BCUT2D eigenvalue weighted by molar-refractivity contribution is 7.99. The molecule has 4 saturated carbocycles. The van der Waals surface area contributed by atoms with Crippen molar-refractivity contribution in [2.45, 2.75) is 183 Å². The number of unbranched alkanes of at least 4 members (excludes halogenated alkanes) is 1. The second-order valence-electron chi connectivity index (χ2n) is 31.8. The second kappa shape index (κ2) is 31.4. The van der Waals surface area contributed by atoms with Gasteiger partial charge < -0.3 is 30.9 Å². The summed E-state index contributed by atoms with van der Waals surface area (Å²) in [6.45, 7) is 22.8. The molecule has 19 nitrogen and oxygen atoms in total. The Morgan fingerprint density at radius 2 is 1.44 bits per heavy atom. The second-order valence-corrected chi connectivity index (χ2v) is 37.3. The van der Waals surface area contributed by atoms with Crippen molar-refractivity contribution in [1.29, 1.82) is 0 Å². The number of sulfone groups is 1. The van der Waals surface area contributed by atoms with E-state index < -0.39 is 82.2 Å². The molecule has 12 rings (SSSR count). The third-order valence-corrected chi connectivity index (χ3v) is 27.1. The van der Waals surface area contributed by atoms with Crippen molar-refractivity contribution in [2.75, 3.05) is 81.4 Å². The summed E-state index contributed by atoms with van der Waals surface area (Å²) in [7, 11) is -11.1. The summed E-state index contributed by atoms with van der Waals surface area (Å²) in [6.07, 6.45) is 8.08. The average Bonchev–Trinajstić information content (AvgIpc) is 0.884. The molecule has 5 aliphatic carbocycles. The Morgan fingerprint density at radius 3 is 2.07 bits per heavy atom. The molecule has 0 radical (unpaired) electrons. The number of amides is 4. The number of rotatable bonds is 28. The monoisotopic (exact) mass is 1500 g/mol. The van der Waals surface area contributed by atoms with Crippen LogP contribution >= 0.6 is 23.1 Å². The lowest BCUT2D eigenvalue weighted by atomic mass is 9.33. The molecule has 6 fully saturated rings. The number of allylic oxidation sites excluding steroid dienone is 1. The lowest BCUT2D eigenvalue weighted by Crippen LogP contribution is -2.61. The first-order valence-electron chi connectivity index (χ1n) is 36.2. The number of aromatic nitrogens is 1. The summed E-state index contributed by atoms with van der Waals surface area (Å²) in [5.41, 5.74) is 3.07. The molecular formula is C77H100F3N9O10S4. The number of piperazine rings is 2. The third-order valence-electron chi connectivity index (χ3n) is 22.1. The Bertz CT molecular complexity index is 4150. The van der Waals surface area contributed by atoms with Gasteiger partial charge in [0.1, 0.15) is 4.90 Å². The average molecular weight is 1500 g/mol. The van der Waals surface area contributed by atoms with Gasteiger partial charge in [0.15, 0.2) is 5.78 Å². The molecule has 5 aromatic rings. The summed E-state index contributed by atoms with van der Waals surface area (Å²) in [6, 6.07) is 23.9. The predicted octanol–water partition coefficient (Wildman–Crippen LogP) is 12.4. The van der Waals surface area contributed by atoms with Crippen LogP contribution in [0.4, 0.5) is 24.5 Å². The smallest absolute Gasteiger partial charge is 0.393 e. The molecule has 1 unspecified atom stereocenters. The first kappa shape index (κ1) is 77.4. The zero-order chi connectivity index (χ0) is 74.0. The third kappa shape index (κ3) is 18.4. The van der Waals surface area contributed by atoms with E-state index in [4.69, 9.17) is 0 Å². The zero-order valence-corrected chi connectivity index (χ0v) is 63.6. The molecule has 4 amide bonds. The maximum Gasteiger partial charge on any atom is 0.501 e. The van der Waals surface area contributed by atoms with Gasteiger partial charge in [-0.15, -0.1) is 23.1 Å². The van der Waals surface area contributed by atoms with Gasteiger partial charge in [-0.1, -0.05) is 95.2 Å². The van der Waals surface area contributed by atoms with Gasteiger partial charge >= 0.3 is 5.51 Å². The standard InChI is InChI=1S/C77H100F3N9O10S4/c1-50(52-18-20-53(21-19-52)69-51(2)81-49-101-69)82-72(95)62-41-58(90)40-61(62)68(93)70(73(3,4)5)84-66(91)16-12-13-17-67(92)89-38-32-86(33-39-89)31-29-56(45-100-59-14-10-9-11-15-59)83-64-27-26-60(42-65(64)102(96,97)77(78,79)80)103(98,99)85-71(94)54-22-24-57(25-23-54)88-36-34-87(35-37-88)44-55-28-30-74(6,7)43-63(55)76-46-75(8,47-76)48-76/h9-11,14-15,18-27,42,49-50,56,58,61-62,70,83,90H,12-13,16-17,28-41,43-48H2,1-8H3,(H,82,95)(H,84,91)(H,85,94)/t50-,56+,58-,61?,62+,70+,75?,76?/m0/s1. The van der Waals surface area contributed by atoms with Crippen LogP contribution < -0.4 is 25.6 Å². The summed E-state index contributed by atoms with van der Waals surface area (Å²) in [5, 5.41) is 19.8. The van der Waals surface area contributed by atoms with Gasteiger partial charge in [-0.05, 0) is 172 Å². The first-order chi connectivity index (χ1) is 48.6. The van der Waals surface area contributed by atoms with Gasteiger partial charge in [-0.25, -0.2) is 26.5 Å². The van der Waals surface area contributed by atoms with Crippen LogP contribution in [0.15, 0.2) is 128 Å². The van der Waals surface area contributed by atoms with E-state index >= 15 is 0 Å². The van der Waals surface area contributed by atoms with Crippen molar-refractivity contribution in [3.8, 4) is 10.4 Å². The number of sulfonamides is 1. The number of aryl methyl sites for hydroxylation is 1. The minimum atomic E-state index is -6.18. The van der Waals surface area contributed by atoms with Crippen molar-refractivity contribution in [2.24, 2.45) is 33.5 Å². The number of hydrogen-bond acceptors (Lipinski definition) is 17. The minimum absolute atomic E-state index is 0.0203. The highest BCUT2D eigenvalue weighted by atomic mass is 32.2. The minimum Gasteiger partial charge on any atom is -0.393 e. The summed E-state index contributed by atoms with van der Waals surface area (Å²) < 4.78 is 100. The van der Waals surface area contributed by atoms with Gasteiger partial charge in [0.25, 0.3) is 25.8 Å². The molecular weight excluding hydrogens is 1400 g/mol. The Hall–Kier alpha value is -6.68. The first-order valence-corrected chi connectivity index (χ1v) is 41.0. The van der Waals surface area contributed by atoms with Crippen LogP contribution in [0.3, 0.4) is 0 Å². The number of thiazole rings is 1. The molecule has 103 heavy (non-hydrogen) atoms. The number of halogens is 3. The Labute approximate surface area is 613 Å². The molecule has 0 spiro atoms. The van der Waals surface area contributed by atoms with Crippen LogP contribution in [0.5, 0.6) is 0 Å². The molecule has 7 aliphatic rings. The molecule has 1 aromatic heterocycles. The number of thioether (sulfide) groups is 1. The van der Waals surface area contributed by atoms with Crippen LogP contribution in [0.2, 0.25) is 0 Å². The van der Waals surface area contributed by atoms with E-state index in [-0.39, 0.29) is 66.5 Å². The fraction of sp³-hybridized carbons (Fsp3) is 0.558. The highest BCUT2D eigenvalue weighted by Crippen LogP contribution is 2.77. The number of anilines is 2. The summed E-state index contributed by atoms with van der Waals surface area (Å²) in [4.78, 5) is 81.6. The zero-order valence-electron chi connectivity index (χ0n) is 60.4. The molecule has 558 valence electrons. The number of alkyl halides is 3. The fourth-order valence-electron chi connectivity index (χ4n) is 16.4. The Morgan fingerprint density at radius 1 is 0.786 bits per heavy atom. The van der Waals surface area contributed by atoms with E-state index in [0.29, 0.717) is 74.3 Å². The normalized spacial score (nSPS) is 23.4. The molecule has 6 atom stereocenters. The van der Waals surface area contributed by atoms with Gasteiger partial charge in [0.05, 0.1) is 50.8 Å². The van der Waals surface area contributed by atoms with Gasteiger partial charge in [0.2, 0.25) is 17.7 Å². The van der Waals surface area contributed by atoms with E-state index in [1.807, 2.05) is 93.9 Å². The number of nitrogens with zero attached hydrogens (tertiary/aromatic N) is 5. The number of aliphatic hydroxyl groups is 1. The molecule has 26 heteroatoms. The van der Waals surface area contributed by atoms with Crippen molar-refractivity contribution in [3.05, 3.63) is 131 Å². The van der Waals surface area contributed by atoms with Gasteiger partial charge in [0, 0.05) is 112 Å². The van der Waals surface area contributed by atoms with E-state index in [0.717, 1.165) is 83.6 Å². The molecule has 4 aromatic carbocycles. The predicted molar refractivity (Wildman–Crippen MR) is 397 cm³/mol. The fourth-order valence-corrected chi connectivity index (χ4v) is 20.2. The summed E-state index contributed by atoms with van der Waals surface area (Å²) in [5.74, 6) is -3.54. The summed E-state index contributed by atoms with van der Waals surface area (Å²) >= 11 is 2.95. The highest BCUT2D eigenvalue weighted by Gasteiger charge is 2.67. The molecule has 2 saturated heterocycles. The topological polar surface area (TPSA) is 248 Å². The number of aliphatic hydroxyl groups excluding tert-OH is 1. The maximum absolute atomic E-state index is 14.6. The van der Waals surface area contributed by atoms with Gasteiger partial charge in [-0.2, -0.15) is 13.2 Å². The van der Waals surface area contributed by atoms with Crippen molar-refractivity contribution < 1.29 is 59.1 Å². The van der Waals surface area contributed by atoms with Gasteiger partial charge in [-0.3, -0.25) is 33.8 Å². The van der Waals surface area contributed by atoms with E-state index in [1.165, 1.54) is 56.0 Å². The lowest BCUT2D eigenvalue weighted by Gasteiger charge is -2.72. The largest absolute Gasteiger partial charge is 0.501 e. The van der Waals surface area contributed by atoms with Crippen LogP contribution in [-0.2, 0) is 39.0 Å². The van der Waals surface area contributed by atoms with Crippen molar-refractivity contribution >= 4 is 83.7 Å². The van der Waals surface area contributed by atoms with Crippen LogP contribution in [-0.4, -0.2) is 166 Å². The lowest BCUT2D eigenvalue weighted by molar-refractivity contribution is -0.167. The number of ketones is 1. The number of Topliss-reactive ketones (excluding diaryl/α,β-unsaturated/α-hetero) is 1. The van der Waals surface area contributed by atoms with Crippen LogP contribution in [0.1, 0.15) is 160 Å². The van der Waals surface area contributed by atoms with E-state index in [2.05, 4.69) is 56.4 Å². The Balaban J connectivity index is 0.650.